The van der Waals surface area contributed by atoms with Gasteiger partial charge in [-0.25, -0.2) is 4.79 Å². The first-order chi connectivity index (χ1) is 13.0. The smallest absolute Gasteiger partial charge is 0.315 e. The number of nitrogens with one attached hydrogen (secondary N) is 2. The van der Waals surface area contributed by atoms with E-state index in [2.05, 4.69) is 26.7 Å². The van der Waals surface area contributed by atoms with Crippen molar-refractivity contribution >= 4 is 6.03 Å². The SMILES string of the molecule is CC(C)NC(=O)NCC1CC2CCN1CC2c1cc(-c2ccco2)nn1C. The van der Waals surface area contributed by atoms with E-state index in [1.54, 1.807) is 6.26 Å². The lowest BCUT2D eigenvalue weighted by Crippen LogP contribution is -2.57. The summed E-state index contributed by atoms with van der Waals surface area (Å²) in [5.41, 5.74) is 2.18. The molecule has 2 amide bonds. The van der Waals surface area contributed by atoms with Crippen LogP contribution in [-0.4, -0.2) is 52.4 Å². The van der Waals surface area contributed by atoms with Crippen LogP contribution in [0.15, 0.2) is 28.9 Å². The summed E-state index contributed by atoms with van der Waals surface area (Å²) in [5.74, 6) is 1.94. The molecule has 0 radical (unpaired) electrons. The number of fused-ring (bicyclic) bond motifs is 3. The minimum Gasteiger partial charge on any atom is -0.463 e. The zero-order chi connectivity index (χ0) is 19.0. The maximum Gasteiger partial charge on any atom is 0.315 e. The Labute approximate surface area is 160 Å². The first-order valence-electron chi connectivity index (χ1n) is 9.87. The summed E-state index contributed by atoms with van der Waals surface area (Å²) in [4.78, 5) is 14.4. The van der Waals surface area contributed by atoms with Crippen LogP contribution in [0.3, 0.4) is 0 Å². The minimum atomic E-state index is -0.0704. The number of hydrogen-bond donors (Lipinski definition) is 2. The second kappa shape index (κ2) is 7.38. The third-order valence-electron chi connectivity index (χ3n) is 5.87. The van der Waals surface area contributed by atoms with E-state index < -0.39 is 0 Å². The van der Waals surface area contributed by atoms with Crippen molar-refractivity contribution in [2.45, 2.75) is 44.7 Å². The lowest BCUT2D eigenvalue weighted by molar-refractivity contribution is 0.0294. The van der Waals surface area contributed by atoms with Crippen LogP contribution in [0.5, 0.6) is 0 Å². The first kappa shape index (κ1) is 18.1. The van der Waals surface area contributed by atoms with Gasteiger partial charge in [-0.15, -0.1) is 0 Å². The van der Waals surface area contributed by atoms with Gasteiger partial charge in [0.15, 0.2) is 5.76 Å². The molecule has 7 heteroatoms. The van der Waals surface area contributed by atoms with Crippen LogP contribution < -0.4 is 10.6 Å². The van der Waals surface area contributed by atoms with E-state index in [4.69, 9.17) is 4.42 Å². The summed E-state index contributed by atoms with van der Waals surface area (Å²) >= 11 is 0. The molecular formula is C20H29N5O2. The number of amides is 2. The molecule has 7 nitrogen and oxygen atoms in total. The van der Waals surface area contributed by atoms with Crippen LogP contribution in [0.2, 0.25) is 0 Å². The maximum absolute atomic E-state index is 11.9. The highest BCUT2D eigenvalue weighted by molar-refractivity contribution is 5.74. The third kappa shape index (κ3) is 3.74. The molecule has 2 N–H and O–H groups in total. The number of nitrogens with zero attached hydrogens (tertiary/aromatic N) is 3. The summed E-state index contributed by atoms with van der Waals surface area (Å²) in [7, 11) is 2.02. The van der Waals surface area contributed by atoms with E-state index >= 15 is 0 Å². The monoisotopic (exact) mass is 371 g/mol. The van der Waals surface area contributed by atoms with E-state index in [0.717, 1.165) is 31.0 Å². The summed E-state index contributed by atoms with van der Waals surface area (Å²) in [6.07, 6.45) is 4.01. The molecule has 2 aromatic heterocycles. The predicted molar refractivity (Wildman–Crippen MR) is 103 cm³/mol. The maximum atomic E-state index is 11.9. The number of carbonyl (C=O) groups is 1. The number of urea groups is 1. The average Bonchev–Trinajstić information content (AvgIpc) is 3.29. The van der Waals surface area contributed by atoms with Crippen LogP contribution in [-0.2, 0) is 7.05 Å². The number of piperidine rings is 3. The highest BCUT2D eigenvalue weighted by Gasteiger charge is 2.41. The third-order valence-corrected chi connectivity index (χ3v) is 5.87. The van der Waals surface area contributed by atoms with Crippen molar-refractivity contribution in [2.75, 3.05) is 19.6 Å². The van der Waals surface area contributed by atoms with Crippen molar-refractivity contribution in [3.8, 4) is 11.5 Å². The molecule has 3 aliphatic rings. The van der Waals surface area contributed by atoms with Gasteiger partial charge in [0.2, 0.25) is 0 Å². The van der Waals surface area contributed by atoms with Gasteiger partial charge in [0.25, 0.3) is 0 Å². The zero-order valence-corrected chi connectivity index (χ0v) is 16.3. The molecule has 0 spiro atoms. The Morgan fingerprint density at radius 2 is 2.30 bits per heavy atom. The van der Waals surface area contributed by atoms with Crippen LogP contribution in [0.1, 0.15) is 38.3 Å². The molecule has 0 saturated carbocycles. The van der Waals surface area contributed by atoms with Gasteiger partial charge in [-0.3, -0.25) is 9.58 Å². The van der Waals surface area contributed by atoms with Gasteiger partial charge in [-0.05, 0) is 57.4 Å². The standard InChI is InChI=1S/C20H29N5O2/c1-13(2)22-20(26)21-11-15-9-14-6-7-25(15)12-16(14)18-10-17(23-24(18)3)19-5-4-8-27-19/h4-5,8,10,13-16H,6-7,9,11-12H2,1-3H3,(H2,21,22,26). The zero-order valence-electron chi connectivity index (χ0n) is 16.3. The summed E-state index contributed by atoms with van der Waals surface area (Å²) < 4.78 is 7.51. The van der Waals surface area contributed by atoms with Crippen LogP contribution in [0.25, 0.3) is 11.5 Å². The molecule has 0 aromatic carbocycles. The first-order valence-corrected chi connectivity index (χ1v) is 9.87. The molecular weight excluding hydrogens is 342 g/mol. The number of furan rings is 1. The highest BCUT2D eigenvalue weighted by atomic mass is 16.3. The number of rotatable bonds is 5. The molecule has 146 valence electrons. The van der Waals surface area contributed by atoms with Gasteiger partial charge in [0, 0.05) is 43.8 Å². The largest absolute Gasteiger partial charge is 0.463 e. The molecule has 2 bridgehead atoms. The molecule has 3 saturated heterocycles. The van der Waals surface area contributed by atoms with Crippen LogP contribution in [0.4, 0.5) is 4.79 Å². The molecule has 5 rings (SSSR count). The molecule has 2 aromatic rings. The van der Waals surface area contributed by atoms with Crippen molar-refractivity contribution < 1.29 is 9.21 Å². The second-order valence-electron chi connectivity index (χ2n) is 8.10. The van der Waals surface area contributed by atoms with Gasteiger partial charge in [0.05, 0.1) is 6.26 Å². The Balaban J connectivity index is 1.41. The lowest BCUT2D eigenvalue weighted by atomic mass is 9.74. The summed E-state index contributed by atoms with van der Waals surface area (Å²) in [6, 6.07) is 6.53. The Hall–Kier alpha value is -2.28. The van der Waals surface area contributed by atoms with Crippen LogP contribution in [0, 0.1) is 5.92 Å². The predicted octanol–water partition coefficient (Wildman–Crippen LogP) is 2.57. The quantitative estimate of drug-likeness (QED) is 0.847. The van der Waals surface area contributed by atoms with Crippen molar-refractivity contribution in [1.29, 1.82) is 0 Å². The molecule has 4 atom stereocenters. The Morgan fingerprint density at radius 3 is 2.96 bits per heavy atom. The van der Waals surface area contributed by atoms with Crippen molar-refractivity contribution in [2.24, 2.45) is 13.0 Å². The molecule has 3 aliphatic heterocycles. The lowest BCUT2D eigenvalue weighted by Gasteiger charge is -2.49. The normalized spacial score (nSPS) is 27.1. The average molecular weight is 371 g/mol. The van der Waals surface area contributed by atoms with Gasteiger partial charge in [-0.2, -0.15) is 5.10 Å². The van der Waals surface area contributed by atoms with Gasteiger partial charge in [-0.1, -0.05) is 0 Å². The summed E-state index contributed by atoms with van der Waals surface area (Å²) in [6.45, 7) is 6.80. The topological polar surface area (TPSA) is 75.3 Å². The molecule has 0 aliphatic carbocycles. The number of aromatic nitrogens is 2. The van der Waals surface area contributed by atoms with E-state index in [-0.39, 0.29) is 12.1 Å². The highest BCUT2D eigenvalue weighted by Crippen LogP contribution is 2.42. The molecule has 27 heavy (non-hydrogen) atoms. The Morgan fingerprint density at radius 1 is 1.44 bits per heavy atom. The van der Waals surface area contributed by atoms with Crippen LogP contribution >= 0.6 is 0 Å². The molecule has 4 unspecified atom stereocenters. The number of aryl methyl sites for hydroxylation is 1. The van der Waals surface area contributed by atoms with E-state index in [9.17, 15) is 4.79 Å². The fraction of sp³-hybridized carbons (Fsp3) is 0.600. The van der Waals surface area contributed by atoms with Gasteiger partial charge < -0.3 is 15.1 Å². The fourth-order valence-corrected chi connectivity index (χ4v) is 4.58. The molecule has 5 heterocycles. The van der Waals surface area contributed by atoms with Crippen molar-refractivity contribution in [1.82, 2.24) is 25.3 Å². The van der Waals surface area contributed by atoms with Crippen molar-refractivity contribution in [3.05, 3.63) is 30.2 Å². The Bertz CT molecular complexity index is 782. The minimum absolute atomic E-state index is 0.0704. The fourth-order valence-electron chi connectivity index (χ4n) is 4.58. The number of hydrogen-bond acceptors (Lipinski definition) is 4. The van der Waals surface area contributed by atoms with E-state index in [1.165, 1.54) is 12.1 Å². The second-order valence-corrected chi connectivity index (χ2v) is 8.10. The van der Waals surface area contributed by atoms with E-state index in [1.807, 2.05) is 37.7 Å². The molecule has 3 fully saturated rings. The van der Waals surface area contributed by atoms with E-state index in [0.29, 0.717) is 24.4 Å². The Kier molecular flexibility index (Phi) is 4.95. The summed E-state index contributed by atoms with van der Waals surface area (Å²) in [5, 5.41) is 10.6. The van der Waals surface area contributed by atoms with Crippen molar-refractivity contribution in [3.63, 3.8) is 0 Å². The number of carbonyl (C=O) groups excluding carboxylic acids is 1. The van der Waals surface area contributed by atoms with Gasteiger partial charge in [0.1, 0.15) is 5.69 Å². The van der Waals surface area contributed by atoms with Gasteiger partial charge >= 0.3 is 6.03 Å².